The maximum absolute atomic E-state index is 5.13. The molecule has 0 fully saturated rings. The van der Waals surface area contributed by atoms with Gasteiger partial charge in [0.1, 0.15) is 5.75 Å². The lowest BCUT2D eigenvalue weighted by Crippen LogP contribution is -2.21. The highest BCUT2D eigenvalue weighted by molar-refractivity contribution is 5.55. The van der Waals surface area contributed by atoms with Crippen molar-refractivity contribution < 1.29 is 4.74 Å². The van der Waals surface area contributed by atoms with Gasteiger partial charge in [-0.05, 0) is 24.3 Å². The molecule has 19 heavy (non-hydrogen) atoms. The summed E-state index contributed by atoms with van der Waals surface area (Å²) in [5.41, 5.74) is 2.08. The number of hydrogen-bond acceptors (Lipinski definition) is 4. The Hall–Kier alpha value is -1.94. The zero-order valence-electron chi connectivity index (χ0n) is 11.6. The number of benzene rings is 1. The first-order valence-electron chi connectivity index (χ1n) is 6.38. The number of aromatic nitrogens is 2. The van der Waals surface area contributed by atoms with E-state index >= 15 is 0 Å². The van der Waals surface area contributed by atoms with E-state index in [4.69, 9.17) is 4.74 Å². The van der Waals surface area contributed by atoms with Gasteiger partial charge in [0.2, 0.25) is 0 Å². The van der Waals surface area contributed by atoms with E-state index in [-0.39, 0.29) is 0 Å². The molecule has 1 aromatic heterocycles. The first kappa shape index (κ1) is 13.5. The van der Waals surface area contributed by atoms with E-state index in [2.05, 4.69) is 29.1 Å². The standard InChI is InChI=1S/C15H19N3O/c1-11(2)16-8-12-9-17-15(18-10-12)13-4-6-14(19-3)7-5-13/h4-7,9-11,16H,8H2,1-3H3. The Kier molecular flexibility index (Phi) is 4.47. The summed E-state index contributed by atoms with van der Waals surface area (Å²) in [5.74, 6) is 1.57. The summed E-state index contributed by atoms with van der Waals surface area (Å²) in [6.07, 6.45) is 3.73. The second kappa shape index (κ2) is 6.29. The van der Waals surface area contributed by atoms with Crippen molar-refractivity contribution >= 4 is 0 Å². The van der Waals surface area contributed by atoms with Gasteiger partial charge in [-0.25, -0.2) is 9.97 Å². The fourth-order valence-electron chi connectivity index (χ4n) is 1.66. The van der Waals surface area contributed by atoms with Crippen molar-refractivity contribution in [1.29, 1.82) is 0 Å². The van der Waals surface area contributed by atoms with Crippen molar-refractivity contribution in [1.82, 2.24) is 15.3 Å². The van der Waals surface area contributed by atoms with E-state index in [0.29, 0.717) is 6.04 Å². The molecule has 0 aliphatic carbocycles. The van der Waals surface area contributed by atoms with Crippen molar-refractivity contribution in [2.24, 2.45) is 0 Å². The van der Waals surface area contributed by atoms with Gasteiger partial charge in [0, 0.05) is 36.1 Å². The molecule has 0 aliphatic heterocycles. The molecule has 2 aromatic rings. The lowest BCUT2D eigenvalue weighted by atomic mass is 10.2. The van der Waals surface area contributed by atoms with Gasteiger partial charge < -0.3 is 10.1 Å². The molecule has 2 rings (SSSR count). The normalized spacial score (nSPS) is 10.7. The quantitative estimate of drug-likeness (QED) is 0.894. The predicted octanol–water partition coefficient (Wildman–Crippen LogP) is 2.65. The lowest BCUT2D eigenvalue weighted by molar-refractivity contribution is 0.415. The van der Waals surface area contributed by atoms with Crippen LogP contribution in [0, 0.1) is 0 Å². The number of ether oxygens (including phenoxy) is 1. The third-order valence-electron chi connectivity index (χ3n) is 2.77. The predicted molar refractivity (Wildman–Crippen MR) is 76.0 cm³/mol. The largest absolute Gasteiger partial charge is 0.497 e. The highest BCUT2D eigenvalue weighted by Gasteiger charge is 2.02. The van der Waals surface area contributed by atoms with E-state index in [1.165, 1.54) is 0 Å². The summed E-state index contributed by atoms with van der Waals surface area (Å²) >= 11 is 0. The van der Waals surface area contributed by atoms with Gasteiger partial charge in [-0.1, -0.05) is 13.8 Å². The van der Waals surface area contributed by atoms with E-state index < -0.39 is 0 Å². The summed E-state index contributed by atoms with van der Waals surface area (Å²) in [6, 6.07) is 8.20. The van der Waals surface area contributed by atoms with E-state index in [0.717, 1.165) is 29.2 Å². The van der Waals surface area contributed by atoms with Crippen LogP contribution in [0.4, 0.5) is 0 Å². The van der Waals surface area contributed by atoms with Crippen LogP contribution in [0.5, 0.6) is 5.75 Å². The molecular weight excluding hydrogens is 238 g/mol. The molecule has 1 aromatic carbocycles. The van der Waals surface area contributed by atoms with Gasteiger partial charge in [0.05, 0.1) is 7.11 Å². The fraction of sp³-hybridized carbons (Fsp3) is 0.333. The average molecular weight is 257 g/mol. The number of hydrogen-bond donors (Lipinski definition) is 1. The van der Waals surface area contributed by atoms with E-state index in [1.807, 2.05) is 36.7 Å². The molecule has 1 N–H and O–H groups in total. The average Bonchev–Trinajstić information content (AvgIpc) is 2.46. The summed E-state index contributed by atoms with van der Waals surface area (Å²) in [7, 11) is 1.65. The van der Waals surface area contributed by atoms with Crippen molar-refractivity contribution in [2.45, 2.75) is 26.4 Å². The Morgan fingerprint density at radius 3 is 2.26 bits per heavy atom. The highest BCUT2D eigenvalue weighted by atomic mass is 16.5. The second-order valence-electron chi connectivity index (χ2n) is 4.68. The molecule has 0 aliphatic rings. The molecule has 4 heteroatoms. The van der Waals surface area contributed by atoms with E-state index in [9.17, 15) is 0 Å². The van der Waals surface area contributed by atoms with Crippen LogP contribution < -0.4 is 10.1 Å². The molecule has 1 heterocycles. The molecule has 0 saturated heterocycles. The molecule has 0 unspecified atom stereocenters. The van der Waals surface area contributed by atoms with Crippen molar-refractivity contribution in [3.05, 3.63) is 42.2 Å². The molecule has 0 bridgehead atoms. The second-order valence-corrected chi connectivity index (χ2v) is 4.68. The smallest absolute Gasteiger partial charge is 0.159 e. The Labute approximate surface area is 113 Å². The van der Waals surface area contributed by atoms with Crippen molar-refractivity contribution in [2.75, 3.05) is 7.11 Å². The highest BCUT2D eigenvalue weighted by Crippen LogP contribution is 2.18. The van der Waals surface area contributed by atoms with Crippen molar-refractivity contribution in [3.8, 4) is 17.1 Å². The number of rotatable bonds is 5. The monoisotopic (exact) mass is 257 g/mol. The Morgan fingerprint density at radius 2 is 1.74 bits per heavy atom. The molecular formula is C15H19N3O. The summed E-state index contributed by atoms with van der Waals surface area (Å²) in [4.78, 5) is 8.78. The van der Waals surface area contributed by atoms with Crippen LogP contribution in [0.25, 0.3) is 11.4 Å². The zero-order valence-corrected chi connectivity index (χ0v) is 11.6. The maximum Gasteiger partial charge on any atom is 0.159 e. The first-order valence-corrected chi connectivity index (χ1v) is 6.38. The van der Waals surface area contributed by atoms with Gasteiger partial charge in [-0.15, -0.1) is 0 Å². The van der Waals surface area contributed by atoms with E-state index in [1.54, 1.807) is 7.11 Å². The minimum absolute atomic E-state index is 0.460. The van der Waals surface area contributed by atoms with Crippen LogP contribution in [0.3, 0.4) is 0 Å². The molecule has 100 valence electrons. The number of nitrogens with zero attached hydrogens (tertiary/aromatic N) is 2. The SMILES string of the molecule is COc1ccc(-c2ncc(CNC(C)C)cn2)cc1. The molecule has 0 saturated carbocycles. The fourth-order valence-corrected chi connectivity index (χ4v) is 1.66. The molecule has 0 amide bonds. The van der Waals surface area contributed by atoms with Gasteiger partial charge in [-0.2, -0.15) is 0 Å². The zero-order chi connectivity index (χ0) is 13.7. The molecule has 0 spiro atoms. The number of nitrogens with one attached hydrogen (secondary N) is 1. The maximum atomic E-state index is 5.13. The van der Waals surface area contributed by atoms with Crippen LogP contribution >= 0.6 is 0 Å². The van der Waals surface area contributed by atoms with Crippen LogP contribution in [0.1, 0.15) is 19.4 Å². The van der Waals surface area contributed by atoms with Gasteiger partial charge in [0.15, 0.2) is 5.82 Å². The van der Waals surface area contributed by atoms with Crippen LogP contribution in [-0.4, -0.2) is 23.1 Å². The van der Waals surface area contributed by atoms with Gasteiger partial charge in [-0.3, -0.25) is 0 Å². The third kappa shape index (κ3) is 3.76. The summed E-state index contributed by atoms with van der Waals surface area (Å²) in [5, 5.41) is 3.34. The van der Waals surface area contributed by atoms with Gasteiger partial charge in [0.25, 0.3) is 0 Å². The lowest BCUT2D eigenvalue weighted by Gasteiger charge is -2.08. The summed E-state index contributed by atoms with van der Waals surface area (Å²) in [6.45, 7) is 5.03. The van der Waals surface area contributed by atoms with Crippen molar-refractivity contribution in [3.63, 3.8) is 0 Å². The number of methoxy groups -OCH3 is 1. The van der Waals surface area contributed by atoms with Crippen LogP contribution in [-0.2, 0) is 6.54 Å². The first-order chi connectivity index (χ1) is 9.19. The molecule has 4 nitrogen and oxygen atoms in total. The molecule has 0 atom stereocenters. The molecule has 0 radical (unpaired) electrons. The van der Waals surface area contributed by atoms with Gasteiger partial charge >= 0.3 is 0 Å². The van der Waals surface area contributed by atoms with Crippen LogP contribution in [0.15, 0.2) is 36.7 Å². The topological polar surface area (TPSA) is 47.0 Å². The third-order valence-corrected chi connectivity index (χ3v) is 2.77. The Balaban J connectivity index is 2.08. The summed E-state index contributed by atoms with van der Waals surface area (Å²) < 4.78 is 5.13. The minimum atomic E-state index is 0.460. The minimum Gasteiger partial charge on any atom is -0.497 e. The Morgan fingerprint density at radius 1 is 1.11 bits per heavy atom. The Bertz CT molecular complexity index is 506. The van der Waals surface area contributed by atoms with Crippen LogP contribution in [0.2, 0.25) is 0 Å².